The molecule has 29 heavy (non-hydrogen) atoms. The second-order valence-corrected chi connectivity index (χ2v) is 8.71. The Morgan fingerprint density at radius 1 is 1.10 bits per heavy atom. The molecule has 1 aliphatic heterocycles. The van der Waals surface area contributed by atoms with Crippen LogP contribution in [0.25, 0.3) is 5.65 Å². The zero-order valence-corrected chi connectivity index (χ0v) is 17.5. The molecular weight excluding hydrogens is 364 g/mol. The highest BCUT2D eigenvalue weighted by molar-refractivity contribution is 5.44. The number of nitrogens with zero attached hydrogens (tertiary/aromatic N) is 5. The Morgan fingerprint density at radius 3 is 2.72 bits per heavy atom. The highest BCUT2D eigenvalue weighted by Gasteiger charge is 2.22. The maximum absolute atomic E-state index is 6.08. The lowest BCUT2D eigenvalue weighted by atomic mass is 9.96. The van der Waals surface area contributed by atoms with Crippen molar-refractivity contribution < 1.29 is 4.74 Å². The second-order valence-electron chi connectivity index (χ2n) is 8.71. The van der Waals surface area contributed by atoms with E-state index in [0.29, 0.717) is 0 Å². The summed E-state index contributed by atoms with van der Waals surface area (Å²) >= 11 is 0. The van der Waals surface area contributed by atoms with E-state index in [0.717, 1.165) is 56.5 Å². The average Bonchev–Trinajstić information content (AvgIpc) is 3.01. The Morgan fingerprint density at radius 2 is 1.93 bits per heavy atom. The van der Waals surface area contributed by atoms with E-state index in [2.05, 4.69) is 71.5 Å². The molecule has 1 fully saturated rings. The molecule has 1 saturated heterocycles. The first kappa shape index (κ1) is 19.8. The Balaban J connectivity index is 1.41. The number of aromatic nitrogens is 4. The summed E-state index contributed by atoms with van der Waals surface area (Å²) in [6, 6.07) is 14.5. The van der Waals surface area contributed by atoms with E-state index in [9.17, 15) is 0 Å². The molecule has 0 amide bonds. The monoisotopic (exact) mass is 394 g/mol. The van der Waals surface area contributed by atoms with Crippen molar-refractivity contribution in [3.05, 3.63) is 53.9 Å². The zero-order chi connectivity index (χ0) is 20.3. The van der Waals surface area contributed by atoms with Crippen molar-refractivity contribution in [2.24, 2.45) is 0 Å². The highest BCUT2D eigenvalue weighted by atomic mass is 16.5. The van der Waals surface area contributed by atoms with Crippen LogP contribution in [0.5, 0.6) is 0 Å². The van der Waals surface area contributed by atoms with Gasteiger partial charge in [-0.25, -0.2) is 0 Å². The van der Waals surface area contributed by atoms with Gasteiger partial charge in [0.25, 0.3) is 0 Å². The van der Waals surface area contributed by atoms with Crippen LogP contribution in [-0.4, -0.2) is 57.1 Å². The molecule has 0 bridgehead atoms. The van der Waals surface area contributed by atoms with E-state index in [1.54, 1.807) is 0 Å². The molecule has 0 spiro atoms. The van der Waals surface area contributed by atoms with Crippen LogP contribution in [0.15, 0.2) is 42.5 Å². The molecule has 4 rings (SSSR count). The molecular formula is C22H30N6O. The van der Waals surface area contributed by atoms with E-state index in [-0.39, 0.29) is 11.5 Å². The predicted molar refractivity (Wildman–Crippen MR) is 114 cm³/mol. The maximum Gasteiger partial charge on any atom is 0.178 e. The molecule has 7 heteroatoms. The predicted octanol–water partition coefficient (Wildman–Crippen LogP) is 3.12. The lowest BCUT2D eigenvalue weighted by Crippen LogP contribution is -2.35. The summed E-state index contributed by atoms with van der Waals surface area (Å²) in [6.07, 6.45) is 1.19. The fraction of sp³-hybridized carbons (Fsp3) is 0.500. The smallest absolute Gasteiger partial charge is 0.178 e. The molecule has 1 unspecified atom stereocenters. The summed E-state index contributed by atoms with van der Waals surface area (Å²) in [5.74, 6) is 1.67. The highest BCUT2D eigenvalue weighted by Crippen LogP contribution is 2.21. The van der Waals surface area contributed by atoms with Crippen molar-refractivity contribution in [1.82, 2.24) is 24.7 Å². The minimum absolute atomic E-state index is 0.118. The fourth-order valence-electron chi connectivity index (χ4n) is 3.65. The van der Waals surface area contributed by atoms with Crippen LogP contribution in [0.3, 0.4) is 0 Å². The molecule has 7 nitrogen and oxygen atoms in total. The van der Waals surface area contributed by atoms with Crippen LogP contribution in [-0.2, 0) is 16.7 Å². The minimum atomic E-state index is -0.118. The summed E-state index contributed by atoms with van der Waals surface area (Å²) in [5, 5.41) is 16.7. The SMILES string of the molecule is CC(C)(C)c1nnc2ccc(NCC3CN(Cc4ccccc4)CCCO3)nn12. The number of hydrogen-bond donors (Lipinski definition) is 1. The van der Waals surface area contributed by atoms with Crippen LogP contribution in [0.4, 0.5) is 5.82 Å². The summed E-state index contributed by atoms with van der Waals surface area (Å²) in [4.78, 5) is 2.47. The molecule has 0 saturated carbocycles. The summed E-state index contributed by atoms with van der Waals surface area (Å²) in [7, 11) is 0. The van der Waals surface area contributed by atoms with Crippen molar-refractivity contribution in [2.75, 3.05) is 31.6 Å². The van der Waals surface area contributed by atoms with Gasteiger partial charge in [-0.2, -0.15) is 4.52 Å². The fourth-order valence-corrected chi connectivity index (χ4v) is 3.65. The van der Waals surface area contributed by atoms with Gasteiger partial charge >= 0.3 is 0 Å². The number of rotatable bonds is 5. The molecule has 154 valence electrons. The molecule has 3 aromatic rings. The molecule has 1 atom stereocenters. The first-order valence-corrected chi connectivity index (χ1v) is 10.3. The lowest BCUT2D eigenvalue weighted by Gasteiger charge is -2.24. The van der Waals surface area contributed by atoms with Gasteiger partial charge in [-0.3, -0.25) is 4.90 Å². The molecule has 0 aliphatic carbocycles. The standard InChI is InChI=1S/C22H30N6O/c1-22(2,3)21-25-24-20-11-10-19(26-28(20)21)23-14-18-16-27(12-7-13-29-18)15-17-8-5-4-6-9-17/h4-6,8-11,18H,7,12-16H2,1-3H3,(H,23,26). The van der Waals surface area contributed by atoms with Crippen LogP contribution >= 0.6 is 0 Å². The third-order valence-corrected chi connectivity index (χ3v) is 5.13. The van der Waals surface area contributed by atoms with Gasteiger partial charge in [-0.05, 0) is 24.1 Å². The molecule has 2 aromatic heterocycles. The van der Waals surface area contributed by atoms with Crippen molar-refractivity contribution in [2.45, 2.75) is 45.3 Å². The van der Waals surface area contributed by atoms with Gasteiger partial charge in [-0.15, -0.1) is 15.3 Å². The third-order valence-electron chi connectivity index (χ3n) is 5.13. The van der Waals surface area contributed by atoms with Gasteiger partial charge in [0.2, 0.25) is 0 Å². The van der Waals surface area contributed by atoms with E-state index in [1.165, 1.54) is 5.56 Å². The average molecular weight is 395 g/mol. The van der Waals surface area contributed by atoms with E-state index in [1.807, 2.05) is 16.6 Å². The number of nitrogens with one attached hydrogen (secondary N) is 1. The quantitative estimate of drug-likeness (QED) is 0.717. The van der Waals surface area contributed by atoms with Crippen molar-refractivity contribution in [3.8, 4) is 0 Å². The first-order chi connectivity index (χ1) is 14.0. The normalized spacial score (nSPS) is 18.7. The van der Waals surface area contributed by atoms with Crippen LogP contribution in [0.1, 0.15) is 38.6 Å². The molecule has 1 aliphatic rings. The minimum Gasteiger partial charge on any atom is -0.375 e. The topological polar surface area (TPSA) is 67.6 Å². The van der Waals surface area contributed by atoms with Gasteiger partial charge in [0.05, 0.1) is 6.10 Å². The summed E-state index contributed by atoms with van der Waals surface area (Å²) in [5.41, 5.74) is 1.99. The number of fused-ring (bicyclic) bond motifs is 1. The summed E-state index contributed by atoms with van der Waals surface area (Å²) in [6.45, 7) is 10.8. The summed E-state index contributed by atoms with van der Waals surface area (Å²) < 4.78 is 7.91. The van der Waals surface area contributed by atoms with Crippen molar-refractivity contribution in [3.63, 3.8) is 0 Å². The number of benzene rings is 1. The Hall–Kier alpha value is -2.51. The first-order valence-electron chi connectivity index (χ1n) is 10.3. The lowest BCUT2D eigenvalue weighted by molar-refractivity contribution is 0.0624. The van der Waals surface area contributed by atoms with Gasteiger partial charge in [0, 0.05) is 38.2 Å². The van der Waals surface area contributed by atoms with Gasteiger partial charge in [0.15, 0.2) is 11.5 Å². The molecule has 0 radical (unpaired) electrons. The van der Waals surface area contributed by atoms with E-state index in [4.69, 9.17) is 9.84 Å². The molecule has 1 aromatic carbocycles. The van der Waals surface area contributed by atoms with Gasteiger partial charge in [0.1, 0.15) is 5.82 Å². The van der Waals surface area contributed by atoms with Crippen LogP contribution < -0.4 is 5.32 Å². The maximum atomic E-state index is 6.08. The van der Waals surface area contributed by atoms with Crippen molar-refractivity contribution >= 4 is 11.5 Å². The third kappa shape index (κ3) is 4.92. The number of hydrogen-bond acceptors (Lipinski definition) is 6. The second kappa shape index (κ2) is 8.47. The van der Waals surface area contributed by atoms with E-state index < -0.39 is 0 Å². The number of anilines is 1. The van der Waals surface area contributed by atoms with E-state index >= 15 is 0 Å². The Bertz CT molecular complexity index is 933. The Labute approximate surface area is 172 Å². The Kier molecular flexibility index (Phi) is 5.78. The number of ether oxygens (including phenoxy) is 1. The molecule has 3 heterocycles. The van der Waals surface area contributed by atoms with Crippen LogP contribution in [0.2, 0.25) is 0 Å². The van der Waals surface area contributed by atoms with Gasteiger partial charge < -0.3 is 10.1 Å². The largest absolute Gasteiger partial charge is 0.375 e. The van der Waals surface area contributed by atoms with Crippen LogP contribution in [0, 0.1) is 0 Å². The van der Waals surface area contributed by atoms with Crippen molar-refractivity contribution in [1.29, 1.82) is 0 Å². The zero-order valence-electron chi connectivity index (χ0n) is 17.5. The van der Waals surface area contributed by atoms with Gasteiger partial charge in [-0.1, -0.05) is 51.1 Å². The molecule has 1 N–H and O–H groups in total.